The van der Waals surface area contributed by atoms with Crippen LogP contribution in [0.1, 0.15) is 34.1 Å². The fourth-order valence-corrected chi connectivity index (χ4v) is 0.408. The molecule has 0 aliphatic heterocycles. The molecule has 0 radical (unpaired) electrons. The first-order chi connectivity index (χ1) is 3.18. The molecule has 0 bridgehead atoms. The van der Waals surface area contributed by atoms with E-state index >= 15 is 0 Å². The minimum atomic E-state index is 0. The van der Waals surface area contributed by atoms with Crippen LogP contribution in [0.4, 0.5) is 0 Å². The zero-order valence-electron chi connectivity index (χ0n) is 6.87. The van der Waals surface area contributed by atoms with Gasteiger partial charge in [-0.25, -0.2) is 0 Å². The molecular formula is C7H15BrMg. The molecule has 0 amide bonds. The van der Waals surface area contributed by atoms with Crippen LogP contribution >= 0.6 is 0 Å². The summed E-state index contributed by atoms with van der Waals surface area (Å²) in [6, 6.07) is 0. The van der Waals surface area contributed by atoms with E-state index in [-0.39, 0.29) is 40.0 Å². The molecule has 2 heteroatoms. The Balaban J connectivity index is -0.000000180. The number of hydrogen-bond acceptors (Lipinski definition) is 0. The summed E-state index contributed by atoms with van der Waals surface area (Å²) in [6.07, 6.45) is 1.23. The molecule has 52 valence electrons. The zero-order chi connectivity index (χ0) is 5.86. The van der Waals surface area contributed by atoms with Crippen LogP contribution in [0.25, 0.3) is 0 Å². The van der Waals surface area contributed by atoms with Crippen LogP contribution in [0, 0.1) is 11.8 Å². The molecule has 0 fully saturated rings. The minimum Gasteiger partial charge on any atom is -1.00 e. The average molecular weight is 203 g/mol. The summed E-state index contributed by atoms with van der Waals surface area (Å²) in [5.41, 5.74) is 0. The van der Waals surface area contributed by atoms with Crippen LogP contribution in [-0.4, -0.2) is 23.1 Å². The second kappa shape index (κ2) is 9.25. The maximum Gasteiger partial charge on any atom is 2.00 e. The van der Waals surface area contributed by atoms with Crippen molar-refractivity contribution in [1.29, 1.82) is 0 Å². The Morgan fingerprint density at radius 2 is 1.67 bits per heavy atom. The molecule has 9 heavy (non-hydrogen) atoms. The maximum atomic E-state index is 2.23. The van der Waals surface area contributed by atoms with Gasteiger partial charge in [-0.3, -0.25) is 0 Å². The van der Waals surface area contributed by atoms with Gasteiger partial charge in [-0.05, 0) is 0 Å². The fourth-order valence-electron chi connectivity index (χ4n) is 0.408. The van der Waals surface area contributed by atoms with E-state index in [1.54, 1.807) is 5.92 Å². The Morgan fingerprint density at radius 3 is 1.67 bits per heavy atom. The Hall–Kier alpha value is 1.25. The van der Waals surface area contributed by atoms with Gasteiger partial charge in [0, 0.05) is 0 Å². The van der Waals surface area contributed by atoms with E-state index in [1.165, 1.54) is 6.42 Å². The minimum absolute atomic E-state index is 0. The van der Waals surface area contributed by atoms with E-state index in [9.17, 15) is 0 Å². The molecule has 0 aliphatic carbocycles. The van der Waals surface area contributed by atoms with Crippen LogP contribution in [0.5, 0.6) is 0 Å². The quantitative estimate of drug-likeness (QED) is 0.410. The summed E-state index contributed by atoms with van der Waals surface area (Å²) >= 11 is 0. The molecule has 0 heterocycles. The van der Waals surface area contributed by atoms with E-state index in [0.717, 1.165) is 5.92 Å². The van der Waals surface area contributed by atoms with Crippen molar-refractivity contribution in [3.63, 3.8) is 0 Å². The van der Waals surface area contributed by atoms with Gasteiger partial charge in [0.25, 0.3) is 0 Å². The van der Waals surface area contributed by atoms with Crippen molar-refractivity contribution in [3.05, 3.63) is 5.92 Å². The van der Waals surface area contributed by atoms with Gasteiger partial charge in [-0.15, -0.1) is 0 Å². The Morgan fingerprint density at radius 1 is 1.33 bits per heavy atom. The van der Waals surface area contributed by atoms with Crippen molar-refractivity contribution in [2.24, 2.45) is 5.92 Å². The van der Waals surface area contributed by atoms with Gasteiger partial charge in [0.05, 0.1) is 0 Å². The van der Waals surface area contributed by atoms with Gasteiger partial charge < -0.3 is 22.9 Å². The SMILES string of the molecule is CC[C-](C)C(C)C.[Br-].[Mg+2]. The molecule has 0 saturated heterocycles. The molecule has 0 rings (SSSR count). The molecule has 0 aliphatic rings. The summed E-state index contributed by atoms with van der Waals surface area (Å²) in [4.78, 5) is 0. The Bertz CT molecular complexity index is 46.2. The van der Waals surface area contributed by atoms with Crippen LogP contribution in [0.15, 0.2) is 0 Å². The topological polar surface area (TPSA) is 0 Å². The van der Waals surface area contributed by atoms with Crippen LogP contribution < -0.4 is 17.0 Å². The van der Waals surface area contributed by atoms with Gasteiger partial charge >= 0.3 is 23.1 Å². The van der Waals surface area contributed by atoms with Crippen molar-refractivity contribution in [1.82, 2.24) is 0 Å². The van der Waals surface area contributed by atoms with Gasteiger partial charge in [0.2, 0.25) is 0 Å². The molecule has 0 aromatic heterocycles. The molecule has 0 spiro atoms. The van der Waals surface area contributed by atoms with Crippen LogP contribution in [0.2, 0.25) is 0 Å². The van der Waals surface area contributed by atoms with E-state index in [2.05, 4.69) is 27.7 Å². The summed E-state index contributed by atoms with van der Waals surface area (Å²) in [7, 11) is 0. The molecule has 0 unspecified atom stereocenters. The Kier molecular flexibility index (Phi) is 17.1. The third-order valence-corrected chi connectivity index (χ3v) is 1.54. The number of rotatable bonds is 2. The third-order valence-electron chi connectivity index (χ3n) is 1.54. The average Bonchev–Trinajstić information content (AvgIpc) is 1.65. The largest absolute Gasteiger partial charge is 2.00 e. The van der Waals surface area contributed by atoms with Crippen LogP contribution in [0.3, 0.4) is 0 Å². The maximum absolute atomic E-state index is 2.23. The first-order valence-corrected chi connectivity index (χ1v) is 3.00. The van der Waals surface area contributed by atoms with Gasteiger partial charge in [0.15, 0.2) is 0 Å². The number of hydrogen-bond donors (Lipinski definition) is 0. The predicted molar refractivity (Wildman–Crippen MR) is 39.8 cm³/mol. The van der Waals surface area contributed by atoms with Gasteiger partial charge in [-0.1, -0.05) is 20.8 Å². The molecular weight excluding hydrogens is 188 g/mol. The van der Waals surface area contributed by atoms with Crippen LogP contribution in [-0.2, 0) is 0 Å². The molecule has 0 aromatic rings. The van der Waals surface area contributed by atoms with E-state index in [1.807, 2.05) is 0 Å². The summed E-state index contributed by atoms with van der Waals surface area (Å²) in [5.74, 6) is 2.38. The van der Waals surface area contributed by atoms with Crippen molar-refractivity contribution in [2.45, 2.75) is 34.1 Å². The smallest absolute Gasteiger partial charge is 1.00 e. The van der Waals surface area contributed by atoms with E-state index in [0.29, 0.717) is 0 Å². The van der Waals surface area contributed by atoms with Gasteiger partial charge in [-0.2, -0.15) is 19.3 Å². The van der Waals surface area contributed by atoms with Crippen molar-refractivity contribution in [2.75, 3.05) is 0 Å². The first-order valence-electron chi connectivity index (χ1n) is 3.00. The normalized spacial score (nSPS) is 8.67. The zero-order valence-corrected chi connectivity index (χ0v) is 9.87. The standard InChI is InChI=1S/C7H15.BrH.Mg/c1-5-7(4)6(2)3;;/h6H,5H2,1-4H3;1H;/q-1;;+2/p-1. The van der Waals surface area contributed by atoms with E-state index < -0.39 is 0 Å². The molecule has 0 N–H and O–H groups in total. The molecule has 0 atom stereocenters. The van der Waals surface area contributed by atoms with Crippen molar-refractivity contribution in [3.8, 4) is 0 Å². The Labute approximate surface area is 85.7 Å². The predicted octanol–water partition coefficient (Wildman–Crippen LogP) is -0.730. The fraction of sp³-hybridized carbons (Fsp3) is 0.857. The van der Waals surface area contributed by atoms with Crippen molar-refractivity contribution >= 4 is 23.1 Å². The molecule has 0 nitrogen and oxygen atoms in total. The summed E-state index contributed by atoms with van der Waals surface area (Å²) < 4.78 is 0. The first kappa shape index (κ1) is 16.7. The van der Waals surface area contributed by atoms with Gasteiger partial charge in [0.1, 0.15) is 0 Å². The molecule has 0 saturated carbocycles. The third kappa shape index (κ3) is 9.25. The monoisotopic (exact) mass is 202 g/mol. The number of halogens is 1. The van der Waals surface area contributed by atoms with E-state index in [4.69, 9.17) is 0 Å². The summed E-state index contributed by atoms with van der Waals surface area (Å²) in [6.45, 7) is 8.89. The van der Waals surface area contributed by atoms with Crippen molar-refractivity contribution < 1.29 is 17.0 Å². The second-order valence-corrected chi connectivity index (χ2v) is 2.35. The summed E-state index contributed by atoms with van der Waals surface area (Å²) in [5, 5.41) is 0. The second-order valence-electron chi connectivity index (χ2n) is 2.35. The molecule has 0 aromatic carbocycles.